The normalized spacial score (nSPS) is 14.7. The van der Waals surface area contributed by atoms with Crippen molar-refractivity contribution in [1.29, 1.82) is 0 Å². The minimum absolute atomic E-state index is 0.0798. The van der Waals surface area contributed by atoms with E-state index in [0.29, 0.717) is 19.3 Å². The fourth-order valence-corrected chi connectivity index (χ4v) is 12.9. The van der Waals surface area contributed by atoms with E-state index in [9.17, 15) is 43.5 Å². The van der Waals surface area contributed by atoms with Crippen LogP contribution >= 0.6 is 15.6 Å². The maximum atomic E-state index is 13.0. The lowest BCUT2D eigenvalue weighted by Gasteiger charge is -2.21. The molecular weight excluding hydrogens is 1410 g/mol. The van der Waals surface area contributed by atoms with Gasteiger partial charge in [0.05, 0.1) is 26.4 Å². The number of carbonyl (C=O) groups excluding carboxylic acids is 3. The molecule has 16 nitrogen and oxygen atoms in total. The summed E-state index contributed by atoms with van der Waals surface area (Å²) in [6.07, 6.45) is 104. The highest BCUT2D eigenvalue weighted by Crippen LogP contribution is 2.45. The predicted molar refractivity (Wildman–Crippen MR) is 454 cm³/mol. The first-order valence-electron chi connectivity index (χ1n) is 42.8. The van der Waals surface area contributed by atoms with Crippen LogP contribution in [0.5, 0.6) is 0 Å². The number of carbonyl (C=O) groups is 3. The molecule has 5 unspecified atom stereocenters. The van der Waals surface area contributed by atoms with Crippen LogP contribution in [0.15, 0.2) is 158 Å². The smallest absolute Gasteiger partial charge is 0.463 e. The van der Waals surface area contributed by atoms with Gasteiger partial charge in [-0.15, -0.1) is 0 Å². The zero-order valence-electron chi connectivity index (χ0n) is 68.4. The van der Waals surface area contributed by atoms with E-state index in [4.69, 9.17) is 32.3 Å². The van der Waals surface area contributed by atoms with Crippen LogP contribution in [0.25, 0.3) is 0 Å². The van der Waals surface area contributed by atoms with Gasteiger partial charge in [-0.3, -0.25) is 32.5 Å². The summed E-state index contributed by atoms with van der Waals surface area (Å²) in [5.41, 5.74) is 0. The molecule has 0 aliphatic carbocycles. The summed E-state index contributed by atoms with van der Waals surface area (Å²) in [6, 6.07) is 0. The van der Waals surface area contributed by atoms with Gasteiger partial charge >= 0.3 is 33.6 Å². The summed E-state index contributed by atoms with van der Waals surface area (Å²) in [4.78, 5) is 58.8. The summed E-state index contributed by atoms with van der Waals surface area (Å²) in [7, 11) is -9.81. The van der Waals surface area contributed by atoms with Gasteiger partial charge in [-0.05, 0) is 148 Å². The van der Waals surface area contributed by atoms with Crippen LogP contribution in [-0.4, -0.2) is 95.9 Å². The average Bonchev–Trinajstić information content (AvgIpc) is 0.896. The van der Waals surface area contributed by atoms with Gasteiger partial charge in [0.2, 0.25) is 0 Å². The van der Waals surface area contributed by atoms with E-state index < -0.39 is 91.5 Å². The maximum Gasteiger partial charge on any atom is 0.472 e. The Hall–Kier alpha value is -4.83. The van der Waals surface area contributed by atoms with Crippen molar-refractivity contribution < 1.29 is 75.8 Å². The average molecular weight is 1570 g/mol. The summed E-state index contributed by atoms with van der Waals surface area (Å²) in [5, 5.41) is 20.7. The highest BCUT2D eigenvalue weighted by Gasteiger charge is 2.29. The van der Waals surface area contributed by atoms with Gasteiger partial charge in [-0.2, -0.15) is 0 Å². The molecule has 0 saturated carbocycles. The number of esters is 3. The fourth-order valence-electron chi connectivity index (χ4n) is 11.3. The molecule has 0 aromatic heterocycles. The lowest BCUT2D eigenvalue weighted by molar-refractivity contribution is -0.161. The van der Waals surface area contributed by atoms with Crippen molar-refractivity contribution in [3.05, 3.63) is 158 Å². The number of hydrogen-bond donors (Lipinski definition) is 4. The van der Waals surface area contributed by atoms with E-state index in [-0.39, 0.29) is 19.3 Å². The van der Waals surface area contributed by atoms with E-state index in [1.807, 2.05) is 0 Å². The first-order valence-corrected chi connectivity index (χ1v) is 45.8. The fraction of sp³-hybridized carbons (Fsp3) is 0.681. The molecular formula is C91H154O16P2. The maximum absolute atomic E-state index is 13.0. The number of aliphatic hydroxyl groups is 2. The van der Waals surface area contributed by atoms with E-state index in [0.717, 1.165) is 167 Å². The summed E-state index contributed by atoms with van der Waals surface area (Å²) < 4.78 is 61.3. The first-order chi connectivity index (χ1) is 53.2. The van der Waals surface area contributed by atoms with Crippen LogP contribution in [0.1, 0.15) is 342 Å². The van der Waals surface area contributed by atoms with Gasteiger partial charge in [-0.1, -0.05) is 333 Å². The van der Waals surface area contributed by atoms with Crippen molar-refractivity contribution in [1.82, 2.24) is 0 Å². The highest BCUT2D eigenvalue weighted by atomic mass is 31.2. The van der Waals surface area contributed by atoms with Crippen LogP contribution in [0.4, 0.5) is 0 Å². The number of rotatable bonds is 80. The Bertz CT molecular complexity index is 2610. The van der Waals surface area contributed by atoms with E-state index >= 15 is 0 Å². The molecule has 5 atom stereocenters. The van der Waals surface area contributed by atoms with Crippen LogP contribution in [0, 0.1) is 0 Å². The van der Waals surface area contributed by atoms with E-state index in [2.05, 4.69) is 179 Å². The highest BCUT2D eigenvalue weighted by molar-refractivity contribution is 7.47. The number of hydrogen-bond acceptors (Lipinski definition) is 14. The molecule has 0 aromatic carbocycles. The molecule has 0 aliphatic rings. The molecule has 0 saturated heterocycles. The molecule has 0 bridgehead atoms. The second kappa shape index (κ2) is 82.6. The third kappa shape index (κ3) is 83.9. The van der Waals surface area contributed by atoms with Crippen molar-refractivity contribution in [3.8, 4) is 0 Å². The number of allylic oxidation sites excluding steroid dienone is 26. The second-order valence-corrected chi connectivity index (χ2v) is 31.1. The lowest BCUT2D eigenvalue weighted by atomic mass is 10.0. The van der Waals surface area contributed by atoms with Crippen molar-refractivity contribution in [3.63, 3.8) is 0 Å². The Morgan fingerprint density at radius 2 is 0.486 bits per heavy atom. The van der Waals surface area contributed by atoms with Gasteiger partial charge < -0.3 is 34.2 Å². The van der Waals surface area contributed by atoms with Gasteiger partial charge in [0.1, 0.15) is 25.4 Å². The Morgan fingerprint density at radius 1 is 0.266 bits per heavy atom. The first kappa shape index (κ1) is 104. The molecule has 0 aromatic rings. The standard InChI is InChI=1S/C91H154O16P2/c1-4-7-10-13-16-19-22-25-28-31-34-36-37-38-39-40-41-42-43-44-45-46-47-49-52-53-56-59-62-65-68-71-74-77-89(94)101-80-86(92)81-103-108(97,98)104-82-87(93)83-105-109(99,100)106-85-88(107-91(96)79-76-73-70-67-64-61-58-55-50-33-30-27-24-21-18-15-12-9-6-3)84-102-90(95)78-75-72-69-66-63-60-57-54-51-48-35-32-29-26-23-20-17-14-11-8-5-2/h7,9-10,12,16-21,25-30,34-36,38-39,48,50,54-55,57,86-88,92-93H,4-6,8,11,13-15,22-24,31-33,37,40-47,49,51-53,56,58-85H2,1-3H3,(H,97,98)(H,99,100)/b10-7-,12-9-,19-16-,20-17-,21-18-,28-25-,29-26-,30-27-,36-34-,39-38-,48-35-,55-50-,57-54-. The molecule has 0 spiro atoms. The molecule has 0 rings (SSSR count). The minimum atomic E-state index is -4.95. The zero-order chi connectivity index (χ0) is 79.4. The quantitative estimate of drug-likeness (QED) is 0.0146. The number of ether oxygens (including phenoxy) is 3. The monoisotopic (exact) mass is 1570 g/mol. The topological polar surface area (TPSA) is 231 Å². The lowest BCUT2D eigenvalue weighted by Crippen LogP contribution is -2.30. The van der Waals surface area contributed by atoms with Crippen LogP contribution in [0.2, 0.25) is 0 Å². The number of aliphatic hydroxyl groups excluding tert-OH is 2. The van der Waals surface area contributed by atoms with Crippen molar-refractivity contribution in [2.24, 2.45) is 0 Å². The number of phosphoric acid groups is 2. The van der Waals surface area contributed by atoms with Crippen molar-refractivity contribution in [2.75, 3.05) is 39.6 Å². The number of phosphoric ester groups is 2. The Balaban J connectivity index is 4.54. The zero-order valence-corrected chi connectivity index (χ0v) is 70.2. The Labute approximate surface area is 663 Å². The summed E-state index contributed by atoms with van der Waals surface area (Å²) in [6.45, 7) is 2.41. The molecule has 0 radical (unpaired) electrons. The van der Waals surface area contributed by atoms with Crippen LogP contribution in [-0.2, 0) is 55.8 Å². The molecule has 0 amide bonds. The van der Waals surface area contributed by atoms with Gasteiger partial charge in [0.15, 0.2) is 6.10 Å². The third-order valence-electron chi connectivity index (χ3n) is 17.7. The number of unbranched alkanes of at least 4 members (excludes halogenated alkanes) is 31. The second-order valence-electron chi connectivity index (χ2n) is 28.2. The Kier molecular flexibility index (Phi) is 79.0. The van der Waals surface area contributed by atoms with Crippen LogP contribution in [0.3, 0.4) is 0 Å². The summed E-state index contributed by atoms with van der Waals surface area (Å²) >= 11 is 0. The SMILES string of the molecule is CC/C=C\C/C=C\C/C=C\C/C=C\C/C=C\CCCCCCCCCCCCCCCCCCCC(=O)OCC(O)COP(=O)(O)OCC(O)COP(=O)(O)OCC(COC(=O)CCCCCCC/C=C\C/C=C\C/C=C\C/C=C\CCCCC)OC(=O)CCCCCCCC/C=C\C/C=C\C/C=C\C/C=C\CC. The molecule has 0 heterocycles. The molecule has 109 heavy (non-hydrogen) atoms. The predicted octanol–water partition coefficient (Wildman–Crippen LogP) is 25.8. The molecule has 0 fully saturated rings. The molecule has 624 valence electrons. The third-order valence-corrected chi connectivity index (χ3v) is 19.6. The van der Waals surface area contributed by atoms with E-state index in [1.54, 1.807) is 0 Å². The van der Waals surface area contributed by atoms with Gasteiger partial charge in [-0.25, -0.2) is 9.13 Å². The molecule has 0 aliphatic heterocycles. The minimum Gasteiger partial charge on any atom is -0.463 e. The van der Waals surface area contributed by atoms with Gasteiger partial charge in [0.25, 0.3) is 0 Å². The molecule has 4 N–H and O–H groups in total. The molecule has 18 heteroatoms. The Morgan fingerprint density at radius 3 is 0.771 bits per heavy atom. The van der Waals surface area contributed by atoms with E-state index in [1.165, 1.54) is 116 Å². The van der Waals surface area contributed by atoms with Gasteiger partial charge in [0, 0.05) is 19.3 Å². The van der Waals surface area contributed by atoms with Crippen LogP contribution < -0.4 is 0 Å². The summed E-state index contributed by atoms with van der Waals surface area (Å²) in [5.74, 6) is -1.61. The van der Waals surface area contributed by atoms with Crippen molar-refractivity contribution in [2.45, 2.75) is 360 Å². The largest absolute Gasteiger partial charge is 0.472 e. The van der Waals surface area contributed by atoms with Crippen molar-refractivity contribution >= 4 is 33.6 Å².